The van der Waals surface area contributed by atoms with Crippen molar-refractivity contribution in [3.05, 3.63) is 42.5 Å². The van der Waals surface area contributed by atoms with E-state index in [1.807, 2.05) is 31.4 Å². The maximum Gasteiger partial charge on any atom is 0.407 e. The number of rotatable bonds is 11. The van der Waals surface area contributed by atoms with Gasteiger partial charge in [0.2, 0.25) is 5.28 Å². The average molecular weight is 894 g/mol. The van der Waals surface area contributed by atoms with Gasteiger partial charge in [-0.3, -0.25) is 4.98 Å². The number of hydrogen-bond acceptors (Lipinski definition) is 18. The molecule has 6 N–H and O–H groups in total. The maximum atomic E-state index is 10.9. The Bertz CT molecular complexity index is 2290. The molecule has 11 heterocycles. The first-order chi connectivity index (χ1) is 30.6. The van der Waals surface area contributed by atoms with Crippen molar-refractivity contribution in [1.29, 1.82) is 0 Å². The highest BCUT2D eigenvalue weighted by atomic mass is 35.5. The number of aryl methyl sites for hydroxylation is 2. The number of unbranched alkanes of at least 4 members (excludes halogenated alkanes) is 2. The van der Waals surface area contributed by atoms with E-state index in [-0.39, 0.29) is 11.1 Å². The second kappa shape index (κ2) is 19.9. The average Bonchev–Trinajstić information content (AvgIpc) is 4.00. The molecule has 8 aliphatic rings. The Kier molecular flexibility index (Phi) is 13.9. The van der Waals surface area contributed by atoms with Crippen LogP contribution in [0, 0.1) is 0 Å². The van der Waals surface area contributed by atoms with Crippen LogP contribution in [-0.2, 0) is 37.6 Å². The molecular formula is C39H52ClN15O8. The second-order valence-electron chi connectivity index (χ2n) is 16.0. The summed E-state index contributed by atoms with van der Waals surface area (Å²) in [5.74, 6) is 1.13. The number of hydrogen-bond donors (Lipinski definition) is 4. The number of hydroxylamine groups is 4. The number of aromatic nitrogens is 9. The highest BCUT2D eigenvalue weighted by molar-refractivity contribution is 6.28. The van der Waals surface area contributed by atoms with Crippen molar-refractivity contribution >= 4 is 57.8 Å². The van der Waals surface area contributed by atoms with Gasteiger partial charge >= 0.3 is 12.2 Å². The van der Waals surface area contributed by atoms with Gasteiger partial charge < -0.3 is 40.7 Å². The molecule has 0 aromatic carbocycles. The monoisotopic (exact) mass is 893 g/mol. The van der Waals surface area contributed by atoms with E-state index in [4.69, 9.17) is 52.7 Å². The number of halogens is 1. The SMILES string of the molecule is C1CC2CC3C1OON23.C1CC2CC3C1OON23.CN(CCCCn1cnc2c(N)nc(-c3ccncc3)nc21)C(=O)O.CNC(=O)OCCCCn1cnc2c(N)nc(Cl)nc21. The Hall–Kier alpha value is -5.56. The number of alkyl carbamates (subject to hydrolysis) is 1. The smallest absolute Gasteiger partial charge is 0.407 e. The molecule has 6 aliphatic heterocycles. The van der Waals surface area contributed by atoms with Crippen LogP contribution in [0.25, 0.3) is 33.7 Å². The van der Waals surface area contributed by atoms with Crippen LogP contribution < -0.4 is 16.8 Å². The summed E-state index contributed by atoms with van der Waals surface area (Å²) < 4.78 is 8.66. The van der Waals surface area contributed by atoms with Gasteiger partial charge in [-0.25, -0.2) is 39.3 Å². The van der Waals surface area contributed by atoms with Crippen LogP contribution in [-0.4, -0.2) is 140 Å². The molecule has 2 saturated carbocycles. The minimum Gasteiger partial charge on any atom is -0.465 e. The lowest BCUT2D eigenvalue weighted by atomic mass is 9.80. The van der Waals surface area contributed by atoms with Crippen LogP contribution in [0.4, 0.5) is 21.2 Å². The number of carbonyl (C=O) groups excluding carboxylic acids is 1. The Morgan fingerprint density at radius 2 is 1.41 bits per heavy atom. The van der Waals surface area contributed by atoms with E-state index >= 15 is 0 Å². The molecular weight excluding hydrogens is 842 g/mol. The van der Waals surface area contributed by atoms with Crippen molar-refractivity contribution in [1.82, 2.24) is 64.4 Å². The summed E-state index contributed by atoms with van der Waals surface area (Å²) in [6, 6.07) is 6.25. The molecule has 0 radical (unpaired) electrons. The number of carbonyl (C=O) groups is 2. The molecule has 5 aromatic rings. The third-order valence-corrected chi connectivity index (χ3v) is 12.1. The largest absolute Gasteiger partial charge is 0.465 e. The molecule has 2 aliphatic carbocycles. The molecule has 24 heteroatoms. The van der Waals surface area contributed by atoms with Gasteiger partial charge in [-0.2, -0.15) is 9.97 Å². The van der Waals surface area contributed by atoms with E-state index in [2.05, 4.69) is 40.2 Å². The van der Waals surface area contributed by atoms with E-state index in [1.54, 1.807) is 32.1 Å². The van der Waals surface area contributed by atoms with Gasteiger partial charge in [0.15, 0.2) is 28.8 Å². The van der Waals surface area contributed by atoms with E-state index in [9.17, 15) is 9.59 Å². The molecule has 6 saturated heterocycles. The first-order valence-electron chi connectivity index (χ1n) is 21.1. The van der Waals surface area contributed by atoms with Crippen molar-refractivity contribution < 1.29 is 39.2 Å². The van der Waals surface area contributed by atoms with Gasteiger partial charge in [-0.15, -0.1) is 20.1 Å². The van der Waals surface area contributed by atoms with E-state index in [0.717, 1.165) is 31.2 Å². The molecule has 338 valence electrons. The molecule has 63 heavy (non-hydrogen) atoms. The number of anilines is 2. The zero-order valence-corrected chi connectivity index (χ0v) is 35.8. The van der Waals surface area contributed by atoms with Crippen LogP contribution in [0.2, 0.25) is 5.28 Å². The quantitative estimate of drug-likeness (QED) is 0.0829. The van der Waals surface area contributed by atoms with Gasteiger partial charge in [0.05, 0.1) is 31.3 Å². The van der Waals surface area contributed by atoms with E-state index in [1.165, 1.54) is 50.5 Å². The third-order valence-electron chi connectivity index (χ3n) is 11.9. The van der Waals surface area contributed by atoms with Gasteiger partial charge in [0.25, 0.3) is 0 Å². The fourth-order valence-electron chi connectivity index (χ4n) is 8.33. The first-order valence-corrected chi connectivity index (χ1v) is 21.5. The lowest BCUT2D eigenvalue weighted by Crippen LogP contribution is -2.58. The minimum absolute atomic E-state index is 0.0969. The lowest BCUT2D eigenvalue weighted by Gasteiger charge is -2.45. The van der Waals surface area contributed by atoms with E-state index < -0.39 is 12.2 Å². The predicted octanol–water partition coefficient (Wildman–Crippen LogP) is 4.00. The Morgan fingerprint density at radius 1 is 0.841 bits per heavy atom. The molecule has 0 spiro atoms. The molecule has 5 aromatic heterocycles. The molecule has 8 fully saturated rings. The normalized spacial score (nSPS) is 25.3. The number of imidazole rings is 2. The minimum atomic E-state index is -0.921. The van der Waals surface area contributed by atoms with Crippen molar-refractivity contribution in [3.63, 3.8) is 0 Å². The van der Waals surface area contributed by atoms with Gasteiger partial charge in [0, 0.05) is 63.8 Å². The number of nitrogens with zero attached hydrogens (tertiary/aromatic N) is 12. The molecule has 2 amide bonds. The number of pyridine rings is 1. The fourth-order valence-corrected chi connectivity index (χ4v) is 8.51. The van der Waals surface area contributed by atoms with Crippen LogP contribution in [0.15, 0.2) is 37.2 Å². The topological polar surface area (TPSA) is 274 Å². The Balaban J connectivity index is 0.000000125. The molecule has 8 unspecified atom stereocenters. The zero-order chi connectivity index (χ0) is 44.0. The van der Waals surface area contributed by atoms with Crippen molar-refractivity contribution in [3.8, 4) is 11.4 Å². The van der Waals surface area contributed by atoms with E-state index in [0.29, 0.717) is 96.6 Å². The van der Waals surface area contributed by atoms with Crippen LogP contribution in [0.5, 0.6) is 0 Å². The highest BCUT2D eigenvalue weighted by Gasteiger charge is 2.55. The lowest BCUT2D eigenvalue weighted by molar-refractivity contribution is -0.399. The summed E-state index contributed by atoms with van der Waals surface area (Å²) in [5.41, 5.74) is 15.0. The number of nitrogens with two attached hydrogens (primary N) is 2. The Morgan fingerprint density at radius 3 is 1.95 bits per heavy atom. The number of nitrogen functional groups attached to an aromatic ring is 2. The number of ether oxygens (including phenoxy) is 1. The van der Waals surface area contributed by atoms with Crippen molar-refractivity contribution in [2.75, 3.05) is 38.7 Å². The number of carboxylic acid groups (broad SMARTS) is 1. The second-order valence-corrected chi connectivity index (χ2v) is 16.3. The zero-order valence-electron chi connectivity index (χ0n) is 35.0. The summed E-state index contributed by atoms with van der Waals surface area (Å²) >= 11 is 5.78. The van der Waals surface area contributed by atoms with Crippen molar-refractivity contribution in [2.24, 2.45) is 0 Å². The highest BCUT2D eigenvalue weighted by Crippen LogP contribution is 2.45. The first kappa shape index (κ1) is 44.1. The van der Waals surface area contributed by atoms with Crippen LogP contribution in [0.3, 0.4) is 0 Å². The number of nitrogens with one attached hydrogen (secondary N) is 1. The standard InChI is InChI=1S/C16H19N7O2.C11H15ClN6O2.2C6H9NO2/c1-22(16(24)25)8-2-3-9-23-10-19-12-13(17)20-14(21-15(12)23)11-4-6-18-7-5-11;1-14-11(19)20-5-3-2-4-18-6-15-7-8(13)16-10(12)17-9(7)18;2*1-2-6-5-3-4(1)7(5)9-8-6/h4-7,10H,2-3,8-9H2,1H3,(H,24,25)(H2,17,20,21);6H,2-5H2,1H3,(H,14,19)(H2,13,16,17);2*4-6H,1-3H2. The molecule has 8 atom stereocenters. The van der Waals surface area contributed by atoms with Gasteiger partial charge in [-0.05, 0) is 87.9 Å². The summed E-state index contributed by atoms with van der Waals surface area (Å²) in [6.07, 6.45) is 16.8. The van der Waals surface area contributed by atoms with Gasteiger partial charge in [-0.1, -0.05) is 0 Å². The summed E-state index contributed by atoms with van der Waals surface area (Å²) in [4.78, 5) is 72.3. The fraction of sp³-hybridized carbons (Fsp3) is 0.564. The maximum absolute atomic E-state index is 10.9. The van der Waals surface area contributed by atoms with Crippen LogP contribution in [0.1, 0.15) is 64.2 Å². The number of piperidine rings is 2. The molecule has 23 nitrogen and oxygen atoms in total. The predicted molar refractivity (Wildman–Crippen MR) is 226 cm³/mol. The number of amides is 2. The summed E-state index contributed by atoms with van der Waals surface area (Å²) in [6.45, 7) is 2.21. The van der Waals surface area contributed by atoms with Crippen LogP contribution >= 0.6 is 11.6 Å². The summed E-state index contributed by atoms with van der Waals surface area (Å²) in [7, 11) is 3.08. The molecule has 13 rings (SSSR count). The third kappa shape index (κ3) is 9.98. The van der Waals surface area contributed by atoms with Crippen molar-refractivity contribution in [2.45, 2.75) is 114 Å². The van der Waals surface area contributed by atoms with Gasteiger partial charge in [0.1, 0.15) is 23.2 Å². The summed E-state index contributed by atoms with van der Waals surface area (Å²) in [5, 5.41) is 15.3. The number of fused-ring (bicyclic) bond motifs is 4. The molecule has 8 bridgehead atoms. The Labute approximate surface area is 366 Å².